The Morgan fingerprint density at radius 1 is 1.40 bits per heavy atom. The monoisotopic (exact) mass is 340 g/mol. The van der Waals surface area contributed by atoms with Gasteiger partial charge in [-0.15, -0.1) is 0 Å². The lowest BCUT2D eigenvalue weighted by atomic mass is 10.1. The molecule has 2 aromatic rings. The molecular weight excluding hydrogens is 320 g/mol. The van der Waals surface area contributed by atoms with Gasteiger partial charge in [-0.25, -0.2) is 0 Å². The van der Waals surface area contributed by atoms with E-state index in [2.05, 4.69) is 40.0 Å². The van der Waals surface area contributed by atoms with Gasteiger partial charge >= 0.3 is 0 Å². The maximum absolute atomic E-state index is 10.4. The first-order chi connectivity index (χ1) is 9.43. The molecule has 0 radical (unpaired) electrons. The van der Waals surface area contributed by atoms with Crippen LogP contribution in [0.2, 0.25) is 0 Å². The fraction of sp³-hybridized carbons (Fsp3) is 0.571. The number of nitrogens with zero attached hydrogens (tertiary/aromatic N) is 4. The van der Waals surface area contributed by atoms with Crippen molar-refractivity contribution in [1.29, 1.82) is 0 Å². The van der Waals surface area contributed by atoms with Gasteiger partial charge in [-0.1, -0.05) is 0 Å². The quantitative estimate of drug-likeness (QED) is 0.910. The van der Waals surface area contributed by atoms with Gasteiger partial charge in [-0.2, -0.15) is 10.2 Å². The third-order valence-corrected chi connectivity index (χ3v) is 4.41. The van der Waals surface area contributed by atoms with Gasteiger partial charge in [0.25, 0.3) is 0 Å². The molecule has 1 N–H and O–H groups in total. The van der Waals surface area contributed by atoms with Crippen molar-refractivity contribution in [1.82, 2.24) is 19.6 Å². The Kier molecular flexibility index (Phi) is 4.65. The van der Waals surface area contributed by atoms with Gasteiger partial charge in [-0.3, -0.25) is 9.36 Å². The normalized spacial score (nSPS) is 13.2. The Morgan fingerprint density at radius 2 is 2.10 bits per heavy atom. The van der Waals surface area contributed by atoms with E-state index in [1.165, 1.54) is 0 Å². The molecule has 0 aliphatic rings. The predicted molar refractivity (Wildman–Crippen MR) is 81.6 cm³/mol. The summed E-state index contributed by atoms with van der Waals surface area (Å²) in [6.07, 6.45) is 3.60. The SMILES string of the molecule is CCn1nc(C)c(Br)c1CC(O)c1cnn(C(C)C)c1. The van der Waals surface area contributed by atoms with Gasteiger partial charge in [-0.05, 0) is 43.6 Å². The highest BCUT2D eigenvalue weighted by molar-refractivity contribution is 9.10. The molecule has 5 nitrogen and oxygen atoms in total. The van der Waals surface area contributed by atoms with Crippen LogP contribution in [0.5, 0.6) is 0 Å². The van der Waals surface area contributed by atoms with Gasteiger partial charge in [0, 0.05) is 30.8 Å². The molecule has 6 heteroatoms. The third-order valence-electron chi connectivity index (χ3n) is 3.37. The number of aliphatic hydroxyl groups excluding tert-OH is 1. The van der Waals surface area contributed by atoms with Gasteiger partial charge in [0.05, 0.1) is 28.2 Å². The third kappa shape index (κ3) is 2.96. The van der Waals surface area contributed by atoms with Gasteiger partial charge in [0.2, 0.25) is 0 Å². The van der Waals surface area contributed by atoms with Crippen molar-refractivity contribution < 1.29 is 5.11 Å². The topological polar surface area (TPSA) is 55.9 Å². The van der Waals surface area contributed by atoms with E-state index in [-0.39, 0.29) is 0 Å². The van der Waals surface area contributed by atoms with Gasteiger partial charge in [0.15, 0.2) is 0 Å². The molecule has 0 amide bonds. The van der Waals surface area contributed by atoms with Crippen LogP contribution in [0.25, 0.3) is 0 Å². The molecule has 0 saturated heterocycles. The van der Waals surface area contributed by atoms with Crippen molar-refractivity contribution in [3.8, 4) is 0 Å². The van der Waals surface area contributed by atoms with Crippen molar-refractivity contribution >= 4 is 15.9 Å². The minimum absolute atomic E-state index is 0.297. The average molecular weight is 341 g/mol. The molecule has 20 heavy (non-hydrogen) atoms. The number of rotatable bonds is 5. The first-order valence-electron chi connectivity index (χ1n) is 6.87. The Morgan fingerprint density at radius 3 is 2.65 bits per heavy atom. The van der Waals surface area contributed by atoms with Crippen LogP contribution in [-0.4, -0.2) is 24.7 Å². The van der Waals surface area contributed by atoms with Crippen LogP contribution in [0.4, 0.5) is 0 Å². The summed E-state index contributed by atoms with van der Waals surface area (Å²) in [5.41, 5.74) is 2.81. The summed E-state index contributed by atoms with van der Waals surface area (Å²) in [4.78, 5) is 0. The summed E-state index contributed by atoms with van der Waals surface area (Å²) < 4.78 is 4.76. The van der Waals surface area contributed by atoms with E-state index in [1.54, 1.807) is 6.20 Å². The highest BCUT2D eigenvalue weighted by Gasteiger charge is 2.18. The molecule has 0 saturated carbocycles. The van der Waals surface area contributed by atoms with Gasteiger partial charge < -0.3 is 5.11 Å². The lowest BCUT2D eigenvalue weighted by molar-refractivity contribution is 0.175. The molecule has 0 aromatic carbocycles. The van der Waals surface area contributed by atoms with Crippen molar-refractivity contribution in [2.75, 3.05) is 0 Å². The minimum atomic E-state index is -0.569. The zero-order valence-electron chi connectivity index (χ0n) is 12.3. The van der Waals surface area contributed by atoms with E-state index in [9.17, 15) is 5.11 Å². The largest absolute Gasteiger partial charge is 0.388 e. The summed E-state index contributed by atoms with van der Waals surface area (Å²) >= 11 is 3.56. The van der Waals surface area contributed by atoms with Crippen LogP contribution in [-0.2, 0) is 13.0 Å². The first-order valence-corrected chi connectivity index (χ1v) is 7.67. The second-order valence-corrected chi connectivity index (χ2v) is 6.02. The van der Waals surface area contributed by atoms with Crippen molar-refractivity contribution in [3.63, 3.8) is 0 Å². The molecule has 0 bridgehead atoms. The van der Waals surface area contributed by atoms with Crippen LogP contribution in [0.1, 0.15) is 49.9 Å². The number of hydrogen-bond acceptors (Lipinski definition) is 3. The van der Waals surface area contributed by atoms with Crippen LogP contribution in [0, 0.1) is 6.92 Å². The molecule has 1 atom stereocenters. The fourth-order valence-electron chi connectivity index (χ4n) is 2.17. The second-order valence-electron chi connectivity index (χ2n) is 5.23. The van der Waals surface area contributed by atoms with Crippen LogP contribution in [0.15, 0.2) is 16.9 Å². The number of halogens is 1. The molecule has 0 aliphatic carbocycles. The van der Waals surface area contributed by atoms with Crippen LogP contribution < -0.4 is 0 Å². The molecule has 110 valence electrons. The smallest absolute Gasteiger partial charge is 0.0876 e. The Balaban J connectivity index is 2.20. The average Bonchev–Trinajstić information content (AvgIpc) is 2.99. The second kappa shape index (κ2) is 6.10. The number of aliphatic hydroxyl groups is 1. The summed E-state index contributed by atoms with van der Waals surface area (Å²) in [6, 6.07) is 0.297. The maximum atomic E-state index is 10.4. The molecule has 0 aliphatic heterocycles. The van der Waals surface area contributed by atoms with Gasteiger partial charge in [0.1, 0.15) is 0 Å². The molecule has 2 aromatic heterocycles. The van der Waals surface area contributed by atoms with Crippen molar-refractivity contribution in [2.24, 2.45) is 0 Å². The van der Waals surface area contributed by atoms with Crippen molar-refractivity contribution in [3.05, 3.63) is 33.8 Å². The Hall–Kier alpha value is -1.14. The molecule has 2 rings (SSSR count). The number of hydrogen-bond donors (Lipinski definition) is 1. The Bertz CT molecular complexity index is 588. The summed E-state index contributed by atoms with van der Waals surface area (Å²) in [5, 5.41) is 19.1. The van der Waals surface area contributed by atoms with E-state index in [0.29, 0.717) is 12.5 Å². The zero-order chi connectivity index (χ0) is 14.9. The molecule has 1 unspecified atom stereocenters. The lowest BCUT2D eigenvalue weighted by Crippen LogP contribution is -2.08. The van der Waals surface area contributed by atoms with E-state index >= 15 is 0 Å². The van der Waals surface area contributed by atoms with Crippen LogP contribution in [0.3, 0.4) is 0 Å². The van der Waals surface area contributed by atoms with Crippen molar-refractivity contribution in [2.45, 2.75) is 52.8 Å². The van der Waals surface area contributed by atoms with E-state index in [4.69, 9.17) is 0 Å². The molecule has 0 fully saturated rings. The zero-order valence-corrected chi connectivity index (χ0v) is 13.9. The molecule has 0 spiro atoms. The van der Waals surface area contributed by atoms with E-state index in [1.807, 2.05) is 29.4 Å². The predicted octanol–water partition coefficient (Wildman–Crippen LogP) is 3.03. The number of aromatic nitrogens is 4. The fourth-order valence-corrected chi connectivity index (χ4v) is 2.62. The molecule has 2 heterocycles. The summed E-state index contributed by atoms with van der Waals surface area (Å²) in [5.74, 6) is 0. The lowest BCUT2D eigenvalue weighted by Gasteiger charge is -2.11. The minimum Gasteiger partial charge on any atom is -0.388 e. The highest BCUT2D eigenvalue weighted by atomic mass is 79.9. The highest BCUT2D eigenvalue weighted by Crippen LogP contribution is 2.26. The number of aryl methyl sites for hydroxylation is 2. The first kappa shape index (κ1) is 15.3. The van der Waals surface area contributed by atoms with Crippen LogP contribution >= 0.6 is 15.9 Å². The van der Waals surface area contributed by atoms with E-state index < -0.39 is 6.10 Å². The van der Waals surface area contributed by atoms with E-state index in [0.717, 1.165) is 28.0 Å². The summed E-state index contributed by atoms with van der Waals surface area (Å²) in [6.45, 7) is 8.93. The molecular formula is C14H21BrN4O. The standard InChI is InChI=1S/C14H21BrN4O/c1-5-18-12(14(15)10(4)17-18)6-13(20)11-7-16-19(8-11)9(2)3/h7-9,13,20H,5-6H2,1-4H3. The Labute approximate surface area is 127 Å². The summed E-state index contributed by atoms with van der Waals surface area (Å²) in [7, 11) is 0. The maximum Gasteiger partial charge on any atom is 0.0876 e.